The van der Waals surface area contributed by atoms with Gasteiger partial charge in [0.1, 0.15) is 0 Å². The van der Waals surface area contributed by atoms with Gasteiger partial charge in [-0.25, -0.2) is 4.39 Å². The van der Waals surface area contributed by atoms with Crippen LogP contribution in [0.15, 0.2) is 54.6 Å². The average Bonchev–Trinajstić information content (AvgIpc) is 2.77. The molecule has 160 valence electrons. The van der Waals surface area contributed by atoms with E-state index in [1.807, 2.05) is 0 Å². The first kappa shape index (κ1) is 22.3. The Kier molecular flexibility index (Phi) is 8.24. The number of ether oxygens (including phenoxy) is 1. The molecule has 0 saturated heterocycles. The van der Waals surface area contributed by atoms with Gasteiger partial charge in [0.05, 0.1) is 6.61 Å². The standard InChI is InChI=1S/C27H32F2O/c1-3-7-20-10-14-22(15-11-20)23-16-12-21(13-17-23)8-5-6-9-24-18-19-25(30-4-2)27(29)26(24)28/h5,8,10-11,14-16,18-19,21H,3-4,6-7,9,12-13,17H2,1-2H3. The molecule has 1 atom stereocenters. The van der Waals surface area contributed by atoms with Gasteiger partial charge in [-0.3, -0.25) is 0 Å². The van der Waals surface area contributed by atoms with Gasteiger partial charge in [0.15, 0.2) is 11.6 Å². The quantitative estimate of drug-likeness (QED) is 0.385. The van der Waals surface area contributed by atoms with Crippen LogP contribution in [0.5, 0.6) is 5.75 Å². The highest BCUT2D eigenvalue weighted by Gasteiger charge is 2.15. The van der Waals surface area contributed by atoms with Gasteiger partial charge in [-0.2, -0.15) is 4.39 Å². The minimum Gasteiger partial charge on any atom is -0.491 e. The van der Waals surface area contributed by atoms with Crippen LogP contribution in [0.2, 0.25) is 0 Å². The monoisotopic (exact) mass is 410 g/mol. The Morgan fingerprint density at radius 2 is 1.80 bits per heavy atom. The fraction of sp³-hybridized carbons (Fsp3) is 0.407. The van der Waals surface area contributed by atoms with Crippen LogP contribution in [0.1, 0.15) is 62.6 Å². The number of aryl methyl sites for hydroxylation is 2. The zero-order chi connectivity index (χ0) is 21.3. The van der Waals surface area contributed by atoms with E-state index in [0.29, 0.717) is 30.9 Å². The summed E-state index contributed by atoms with van der Waals surface area (Å²) in [4.78, 5) is 0. The molecular weight excluding hydrogens is 378 g/mol. The van der Waals surface area contributed by atoms with E-state index in [0.717, 1.165) is 25.7 Å². The van der Waals surface area contributed by atoms with Crippen molar-refractivity contribution in [2.75, 3.05) is 6.61 Å². The molecule has 0 spiro atoms. The van der Waals surface area contributed by atoms with Crippen molar-refractivity contribution in [1.29, 1.82) is 0 Å². The smallest absolute Gasteiger partial charge is 0.200 e. The number of allylic oxidation sites excluding steroid dienone is 4. The molecule has 0 bridgehead atoms. The molecule has 3 heteroatoms. The Bertz CT molecular complexity index is 880. The molecule has 0 radical (unpaired) electrons. The van der Waals surface area contributed by atoms with Crippen LogP contribution in [0, 0.1) is 17.6 Å². The van der Waals surface area contributed by atoms with E-state index in [-0.39, 0.29) is 5.75 Å². The van der Waals surface area contributed by atoms with Crippen LogP contribution >= 0.6 is 0 Å². The highest BCUT2D eigenvalue weighted by molar-refractivity contribution is 5.66. The first-order chi connectivity index (χ1) is 14.6. The molecule has 1 aliphatic rings. The van der Waals surface area contributed by atoms with E-state index in [4.69, 9.17) is 4.74 Å². The number of benzene rings is 2. The van der Waals surface area contributed by atoms with Crippen LogP contribution in [0.25, 0.3) is 5.57 Å². The third kappa shape index (κ3) is 5.81. The van der Waals surface area contributed by atoms with E-state index in [1.165, 1.54) is 29.2 Å². The third-order valence-electron chi connectivity index (χ3n) is 5.73. The molecule has 30 heavy (non-hydrogen) atoms. The lowest BCUT2D eigenvalue weighted by Gasteiger charge is -2.19. The lowest BCUT2D eigenvalue weighted by molar-refractivity contribution is 0.313. The Hall–Kier alpha value is -2.42. The summed E-state index contributed by atoms with van der Waals surface area (Å²) in [5.41, 5.74) is 4.58. The minimum atomic E-state index is -0.883. The van der Waals surface area contributed by atoms with E-state index in [2.05, 4.69) is 49.4 Å². The molecule has 0 fully saturated rings. The maximum Gasteiger partial charge on any atom is 0.200 e. The van der Waals surface area contributed by atoms with Crippen LogP contribution < -0.4 is 4.74 Å². The summed E-state index contributed by atoms with van der Waals surface area (Å²) in [6, 6.07) is 12.1. The molecule has 2 aromatic carbocycles. The second-order valence-electron chi connectivity index (χ2n) is 7.96. The Labute approximate surface area is 179 Å². The van der Waals surface area contributed by atoms with Crippen LogP contribution in [-0.4, -0.2) is 6.61 Å². The molecule has 0 heterocycles. The molecule has 0 saturated carbocycles. The summed E-state index contributed by atoms with van der Waals surface area (Å²) in [5.74, 6) is -1.16. The molecule has 3 rings (SSSR count). The highest BCUT2D eigenvalue weighted by atomic mass is 19.2. The van der Waals surface area contributed by atoms with E-state index in [9.17, 15) is 8.78 Å². The molecule has 1 unspecified atom stereocenters. The first-order valence-corrected chi connectivity index (χ1v) is 11.2. The predicted octanol–water partition coefficient (Wildman–Crippen LogP) is 7.69. The Morgan fingerprint density at radius 1 is 1.00 bits per heavy atom. The van der Waals surface area contributed by atoms with Crippen molar-refractivity contribution in [2.24, 2.45) is 5.92 Å². The van der Waals surface area contributed by atoms with Crippen molar-refractivity contribution in [3.8, 4) is 5.75 Å². The van der Waals surface area contributed by atoms with Crippen molar-refractivity contribution >= 4 is 5.57 Å². The summed E-state index contributed by atoms with van der Waals surface area (Å²) in [6.07, 6.45) is 13.5. The van der Waals surface area contributed by atoms with Crippen LogP contribution in [-0.2, 0) is 12.8 Å². The molecule has 1 nitrogen and oxygen atoms in total. The number of hydrogen-bond acceptors (Lipinski definition) is 1. The van der Waals surface area contributed by atoms with Gasteiger partial charge >= 0.3 is 0 Å². The van der Waals surface area contributed by atoms with Gasteiger partial charge in [-0.15, -0.1) is 0 Å². The van der Waals surface area contributed by atoms with Gasteiger partial charge in [0, 0.05) is 0 Å². The number of hydrogen-bond donors (Lipinski definition) is 0. The first-order valence-electron chi connectivity index (χ1n) is 11.2. The Morgan fingerprint density at radius 3 is 2.47 bits per heavy atom. The van der Waals surface area contributed by atoms with Gasteiger partial charge in [-0.05, 0) is 79.7 Å². The third-order valence-corrected chi connectivity index (χ3v) is 5.73. The number of rotatable bonds is 9. The molecular formula is C27H32F2O. The van der Waals surface area contributed by atoms with E-state index >= 15 is 0 Å². The topological polar surface area (TPSA) is 9.23 Å². The lowest BCUT2D eigenvalue weighted by Crippen LogP contribution is -2.03. The zero-order valence-corrected chi connectivity index (χ0v) is 18.1. The lowest BCUT2D eigenvalue weighted by atomic mass is 9.86. The molecule has 0 aromatic heterocycles. The molecule has 1 aliphatic carbocycles. The van der Waals surface area contributed by atoms with Crippen molar-refractivity contribution < 1.29 is 13.5 Å². The summed E-state index contributed by atoms with van der Waals surface area (Å²) < 4.78 is 33.2. The molecule has 0 aliphatic heterocycles. The molecule has 0 N–H and O–H groups in total. The molecule has 0 amide bonds. The normalized spacial score (nSPS) is 16.7. The Balaban J connectivity index is 1.49. The number of halogens is 2. The highest BCUT2D eigenvalue weighted by Crippen LogP contribution is 2.31. The average molecular weight is 411 g/mol. The fourth-order valence-electron chi connectivity index (χ4n) is 4.02. The van der Waals surface area contributed by atoms with Crippen LogP contribution in [0.4, 0.5) is 8.78 Å². The van der Waals surface area contributed by atoms with Crippen molar-refractivity contribution in [1.82, 2.24) is 0 Å². The fourth-order valence-corrected chi connectivity index (χ4v) is 4.02. The summed E-state index contributed by atoms with van der Waals surface area (Å²) in [5, 5.41) is 0. The summed E-state index contributed by atoms with van der Waals surface area (Å²) in [7, 11) is 0. The van der Waals surface area contributed by atoms with Gasteiger partial charge < -0.3 is 4.74 Å². The van der Waals surface area contributed by atoms with Gasteiger partial charge in [0.25, 0.3) is 0 Å². The zero-order valence-electron chi connectivity index (χ0n) is 18.1. The van der Waals surface area contributed by atoms with Gasteiger partial charge in [0.2, 0.25) is 5.82 Å². The SMILES string of the molecule is CCCc1ccc(C2=CCC(C=CCCc3ccc(OCC)c(F)c3F)CC2)cc1. The minimum absolute atomic E-state index is 0.0147. The molecule has 2 aromatic rings. The van der Waals surface area contributed by atoms with Crippen molar-refractivity contribution in [2.45, 2.75) is 58.8 Å². The van der Waals surface area contributed by atoms with Crippen molar-refractivity contribution in [3.05, 3.63) is 83.0 Å². The van der Waals surface area contributed by atoms with E-state index in [1.54, 1.807) is 13.0 Å². The van der Waals surface area contributed by atoms with Crippen molar-refractivity contribution in [3.63, 3.8) is 0 Å². The largest absolute Gasteiger partial charge is 0.491 e. The second-order valence-corrected chi connectivity index (χ2v) is 7.96. The maximum atomic E-state index is 14.2. The summed E-state index contributed by atoms with van der Waals surface area (Å²) >= 11 is 0. The van der Waals surface area contributed by atoms with Crippen LogP contribution in [0.3, 0.4) is 0 Å². The second kappa shape index (κ2) is 11.1. The summed E-state index contributed by atoms with van der Waals surface area (Å²) in [6.45, 7) is 4.28. The van der Waals surface area contributed by atoms with Gasteiger partial charge in [-0.1, -0.05) is 61.9 Å². The predicted molar refractivity (Wildman–Crippen MR) is 121 cm³/mol. The maximum absolute atomic E-state index is 14.2. The van der Waals surface area contributed by atoms with E-state index < -0.39 is 11.6 Å².